The van der Waals surface area contributed by atoms with Gasteiger partial charge in [-0.25, -0.2) is 9.07 Å². The van der Waals surface area contributed by atoms with E-state index in [9.17, 15) is 9.18 Å². The molecule has 1 amide bonds. The van der Waals surface area contributed by atoms with Gasteiger partial charge in [0.2, 0.25) is 0 Å². The Kier molecular flexibility index (Phi) is 5.79. The summed E-state index contributed by atoms with van der Waals surface area (Å²) in [5, 5.41) is 10.8. The van der Waals surface area contributed by atoms with E-state index in [1.165, 1.54) is 13.0 Å². The van der Waals surface area contributed by atoms with Gasteiger partial charge in [0.15, 0.2) is 5.82 Å². The van der Waals surface area contributed by atoms with E-state index in [0.717, 1.165) is 37.6 Å². The van der Waals surface area contributed by atoms with Crippen molar-refractivity contribution in [1.29, 1.82) is 0 Å². The van der Waals surface area contributed by atoms with Gasteiger partial charge in [-0.1, -0.05) is 16.8 Å². The second kappa shape index (κ2) is 8.52. The van der Waals surface area contributed by atoms with E-state index in [1.54, 1.807) is 17.1 Å². The second-order valence-corrected chi connectivity index (χ2v) is 7.94. The Morgan fingerprint density at radius 2 is 1.97 bits per heavy atom. The van der Waals surface area contributed by atoms with Crippen LogP contribution in [0.5, 0.6) is 0 Å². The number of nitrogens with zero attached hydrogens (tertiary/aromatic N) is 5. The van der Waals surface area contributed by atoms with Crippen molar-refractivity contribution in [3.63, 3.8) is 0 Å². The number of piperazine rings is 1. The van der Waals surface area contributed by atoms with Crippen LogP contribution in [0.4, 0.5) is 21.5 Å². The second-order valence-electron chi connectivity index (χ2n) is 7.56. The predicted octanol–water partition coefficient (Wildman–Crippen LogP) is 2.95. The largest absolute Gasteiger partial charge is 0.396 e. The summed E-state index contributed by atoms with van der Waals surface area (Å²) in [6, 6.07) is 6.96. The molecule has 2 heterocycles. The number of benzene rings is 2. The van der Waals surface area contributed by atoms with Gasteiger partial charge in [0.25, 0.3) is 5.91 Å². The Bertz CT molecular complexity index is 1110. The molecule has 0 spiro atoms. The molecule has 3 aromatic rings. The van der Waals surface area contributed by atoms with E-state index in [4.69, 9.17) is 17.3 Å². The molecule has 1 aromatic heterocycles. The average molecular weight is 444 g/mol. The first-order chi connectivity index (χ1) is 14.8. The van der Waals surface area contributed by atoms with E-state index in [2.05, 4.69) is 32.5 Å². The summed E-state index contributed by atoms with van der Waals surface area (Å²) in [4.78, 5) is 17.6. The molecule has 0 radical (unpaired) electrons. The SMILES string of the molecule is Cc1c(F)c(N)cc(C(=O)Nc2cc(-n3ccnn3)ccc2N2CCN(C)CC2)c1Cl. The van der Waals surface area contributed by atoms with Crippen LogP contribution in [-0.2, 0) is 0 Å². The first-order valence-corrected chi connectivity index (χ1v) is 10.2. The van der Waals surface area contributed by atoms with E-state index in [1.807, 2.05) is 18.2 Å². The number of anilines is 3. The van der Waals surface area contributed by atoms with Gasteiger partial charge in [0, 0.05) is 31.7 Å². The first kappa shape index (κ1) is 21.1. The van der Waals surface area contributed by atoms with E-state index in [0.29, 0.717) is 5.69 Å². The standard InChI is InChI=1S/C21H23ClFN7O/c1-13-19(22)15(12-16(24)20(13)23)21(31)26-17-11-14(30-6-5-25-27-30)3-4-18(17)29-9-7-28(2)8-10-29/h3-6,11-12H,7-10,24H2,1-2H3,(H,26,31). The molecule has 1 fully saturated rings. The maximum Gasteiger partial charge on any atom is 0.257 e. The molecule has 2 aromatic carbocycles. The van der Waals surface area contributed by atoms with Crippen LogP contribution in [0.3, 0.4) is 0 Å². The summed E-state index contributed by atoms with van der Waals surface area (Å²) >= 11 is 6.25. The van der Waals surface area contributed by atoms with Crippen molar-refractivity contribution in [2.75, 3.05) is 49.2 Å². The van der Waals surface area contributed by atoms with Crippen molar-refractivity contribution in [2.24, 2.45) is 0 Å². The lowest BCUT2D eigenvalue weighted by Crippen LogP contribution is -2.44. The quantitative estimate of drug-likeness (QED) is 0.602. The van der Waals surface area contributed by atoms with Crippen LogP contribution in [0.1, 0.15) is 15.9 Å². The van der Waals surface area contributed by atoms with E-state index < -0.39 is 11.7 Å². The first-order valence-electron chi connectivity index (χ1n) is 9.85. The molecule has 0 atom stereocenters. The van der Waals surface area contributed by atoms with Crippen LogP contribution in [0.2, 0.25) is 5.02 Å². The third-order valence-electron chi connectivity index (χ3n) is 5.45. The lowest BCUT2D eigenvalue weighted by molar-refractivity contribution is 0.102. The number of halogens is 2. The molecule has 0 saturated carbocycles. The van der Waals surface area contributed by atoms with Gasteiger partial charge in [-0.3, -0.25) is 4.79 Å². The molecule has 1 aliphatic heterocycles. The van der Waals surface area contributed by atoms with Gasteiger partial charge in [0.05, 0.1) is 45.7 Å². The summed E-state index contributed by atoms with van der Waals surface area (Å²) in [5.74, 6) is -1.08. The van der Waals surface area contributed by atoms with Crippen LogP contribution in [0.25, 0.3) is 5.69 Å². The highest BCUT2D eigenvalue weighted by Gasteiger charge is 2.22. The van der Waals surface area contributed by atoms with Gasteiger partial charge in [-0.05, 0) is 38.2 Å². The number of carbonyl (C=O) groups is 1. The van der Waals surface area contributed by atoms with Gasteiger partial charge < -0.3 is 20.9 Å². The number of likely N-dealkylation sites (N-methyl/N-ethyl adjacent to an activating group) is 1. The lowest BCUT2D eigenvalue weighted by Gasteiger charge is -2.35. The zero-order chi connectivity index (χ0) is 22.1. The van der Waals surface area contributed by atoms with Crippen LogP contribution in [0, 0.1) is 12.7 Å². The number of aromatic nitrogens is 3. The Morgan fingerprint density at radius 1 is 1.23 bits per heavy atom. The van der Waals surface area contributed by atoms with Crippen LogP contribution in [-0.4, -0.2) is 59.0 Å². The number of nitrogens with two attached hydrogens (primary N) is 1. The molecule has 0 unspecified atom stereocenters. The minimum atomic E-state index is -0.618. The summed E-state index contributed by atoms with van der Waals surface area (Å²) in [6.45, 7) is 4.97. The van der Waals surface area contributed by atoms with Crippen LogP contribution < -0.4 is 16.0 Å². The monoisotopic (exact) mass is 443 g/mol. The number of hydrogen-bond acceptors (Lipinski definition) is 6. The van der Waals surface area contributed by atoms with Crippen molar-refractivity contribution < 1.29 is 9.18 Å². The number of amides is 1. The summed E-state index contributed by atoms with van der Waals surface area (Å²) < 4.78 is 15.7. The number of nitrogen functional groups attached to an aromatic ring is 1. The van der Waals surface area contributed by atoms with Crippen molar-refractivity contribution in [2.45, 2.75) is 6.92 Å². The number of nitrogens with one attached hydrogen (secondary N) is 1. The molecular weight excluding hydrogens is 421 g/mol. The molecule has 4 rings (SSSR count). The van der Waals surface area contributed by atoms with Gasteiger partial charge in [-0.2, -0.15) is 0 Å². The minimum absolute atomic E-state index is 0.0396. The highest BCUT2D eigenvalue weighted by molar-refractivity contribution is 6.35. The predicted molar refractivity (Wildman–Crippen MR) is 120 cm³/mol. The minimum Gasteiger partial charge on any atom is -0.396 e. The van der Waals surface area contributed by atoms with Crippen molar-refractivity contribution in [3.8, 4) is 5.69 Å². The number of rotatable bonds is 4. The third-order valence-corrected chi connectivity index (χ3v) is 5.94. The van der Waals surface area contributed by atoms with Gasteiger partial charge in [-0.15, -0.1) is 5.10 Å². The van der Waals surface area contributed by atoms with Gasteiger partial charge in [0.1, 0.15) is 0 Å². The molecule has 3 N–H and O–H groups in total. The molecule has 8 nitrogen and oxygen atoms in total. The number of hydrogen-bond donors (Lipinski definition) is 2. The zero-order valence-corrected chi connectivity index (χ0v) is 18.0. The van der Waals surface area contributed by atoms with Gasteiger partial charge >= 0.3 is 0 Å². The highest BCUT2D eigenvalue weighted by Crippen LogP contribution is 2.32. The summed E-state index contributed by atoms with van der Waals surface area (Å²) in [6.07, 6.45) is 3.30. The smallest absolute Gasteiger partial charge is 0.257 e. The van der Waals surface area contributed by atoms with Crippen molar-refractivity contribution in [1.82, 2.24) is 19.9 Å². The molecule has 1 aliphatic rings. The molecule has 10 heteroatoms. The van der Waals surface area contributed by atoms with E-state index in [-0.39, 0.29) is 21.8 Å². The highest BCUT2D eigenvalue weighted by atomic mass is 35.5. The topological polar surface area (TPSA) is 92.3 Å². The normalized spacial score (nSPS) is 14.6. The molecule has 31 heavy (non-hydrogen) atoms. The molecular formula is C21H23ClFN7O. The van der Waals surface area contributed by atoms with Crippen LogP contribution in [0.15, 0.2) is 36.7 Å². The number of carbonyl (C=O) groups excluding carboxylic acids is 1. The molecule has 1 saturated heterocycles. The fraction of sp³-hybridized carbons (Fsp3) is 0.286. The lowest BCUT2D eigenvalue weighted by atomic mass is 10.1. The van der Waals surface area contributed by atoms with Crippen molar-refractivity contribution in [3.05, 3.63) is 58.6 Å². The van der Waals surface area contributed by atoms with Crippen molar-refractivity contribution >= 4 is 34.6 Å². The maximum atomic E-state index is 14.0. The Balaban J connectivity index is 1.71. The fourth-order valence-corrected chi connectivity index (χ4v) is 3.81. The zero-order valence-electron chi connectivity index (χ0n) is 17.3. The Labute approximate surface area is 184 Å². The van der Waals surface area contributed by atoms with E-state index >= 15 is 0 Å². The molecule has 162 valence electrons. The maximum absolute atomic E-state index is 14.0. The van der Waals surface area contributed by atoms with Crippen LogP contribution >= 0.6 is 11.6 Å². The molecule has 0 bridgehead atoms. The third kappa shape index (κ3) is 4.19. The average Bonchev–Trinajstić information content (AvgIpc) is 3.30. The summed E-state index contributed by atoms with van der Waals surface area (Å²) in [5.41, 5.74) is 8.08. The summed E-state index contributed by atoms with van der Waals surface area (Å²) in [7, 11) is 2.08. The molecule has 0 aliphatic carbocycles. The Morgan fingerprint density at radius 3 is 2.65 bits per heavy atom. The fourth-order valence-electron chi connectivity index (χ4n) is 3.59. The Hall–Kier alpha value is -3.17.